The monoisotopic (exact) mass is 404 g/mol. The Morgan fingerprint density at radius 1 is 0.786 bits per heavy atom. The van der Waals surface area contributed by atoms with E-state index in [1.54, 1.807) is 0 Å². The van der Waals surface area contributed by atoms with Gasteiger partial charge in [0.15, 0.2) is 24.6 Å². The number of esters is 4. The van der Waals surface area contributed by atoms with Crippen molar-refractivity contribution >= 4 is 23.9 Å². The minimum Gasteiger partial charge on any atom is -0.463 e. The molecule has 0 aliphatic carbocycles. The number of rotatable bonds is 9. The van der Waals surface area contributed by atoms with E-state index >= 15 is 0 Å². The standard InChI is InChI=1S/C18H28O10/c1-6-7-8-23-18-17(27-13(5)22)16(26-12(4)21)15(25-11(3)20)14(28-18)9-24-10(2)19/h14-18H,6-9H2,1-5H3/t14?,15-,16?,17-,18+/m1/s1. The van der Waals surface area contributed by atoms with E-state index < -0.39 is 54.6 Å². The second-order valence-corrected chi connectivity index (χ2v) is 6.29. The van der Waals surface area contributed by atoms with E-state index in [0.29, 0.717) is 13.0 Å². The third kappa shape index (κ3) is 7.81. The average molecular weight is 404 g/mol. The van der Waals surface area contributed by atoms with Gasteiger partial charge in [-0.15, -0.1) is 0 Å². The van der Waals surface area contributed by atoms with E-state index in [9.17, 15) is 19.2 Å². The summed E-state index contributed by atoms with van der Waals surface area (Å²) >= 11 is 0. The van der Waals surface area contributed by atoms with Gasteiger partial charge in [0, 0.05) is 34.3 Å². The molecule has 0 N–H and O–H groups in total. The van der Waals surface area contributed by atoms with Crippen molar-refractivity contribution in [2.24, 2.45) is 0 Å². The second kappa shape index (κ2) is 11.6. The molecule has 1 rings (SSSR count). The van der Waals surface area contributed by atoms with Crippen LogP contribution in [-0.4, -0.2) is 67.8 Å². The summed E-state index contributed by atoms with van der Waals surface area (Å²) in [6, 6.07) is 0. The maximum Gasteiger partial charge on any atom is 0.303 e. The van der Waals surface area contributed by atoms with E-state index in [1.165, 1.54) is 27.7 Å². The summed E-state index contributed by atoms with van der Waals surface area (Å²) in [6.45, 7) is 6.72. The van der Waals surface area contributed by atoms with Crippen LogP contribution < -0.4 is 0 Å². The van der Waals surface area contributed by atoms with Gasteiger partial charge in [0.1, 0.15) is 12.7 Å². The lowest BCUT2D eigenvalue weighted by atomic mass is 9.98. The topological polar surface area (TPSA) is 124 Å². The Morgan fingerprint density at radius 3 is 1.82 bits per heavy atom. The summed E-state index contributed by atoms with van der Waals surface area (Å²) < 4.78 is 32.2. The number of carbonyl (C=O) groups excluding carboxylic acids is 4. The summed E-state index contributed by atoms with van der Waals surface area (Å²) in [7, 11) is 0. The molecule has 1 heterocycles. The summed E-state index contributed by atoms with van der Waals surface area (Å²) in [5, 5.41) is 0. The van der Waals surface area contributed by atoms with Gasteiger partial charge >= 0.3 is 23.9 Å². The number of hydrogen-bond acceptors (Lipinski definition) is 10. The van der Waals surface area contributed by atoms with Crippen molar-refractivity contribution < 1.29 is 47.6 Å². The Bertz CT molecular complexity index is 561. The molecule has 0 bridgehead atoms. The Kier molecular flexibility index (Phi) is 9.88. The third-order valence-corrected chi connectivity index (χ3v) is 3.73. The molecule has 10 heteroatoms. The first-order valence-electron chi connectivity index (χ1n) is 9.07. The van der Waals surface area contributed by atoms with Crippen LogP contribution in [0.25, 0.3) is 0 Å². The van der Waals surface area contributed by atoms with Crippen LogP contribution in [0.5, 0.6) is 0 Å². The third-order valence-electron chi connectivity index (χ3n) is 3.73. The smallest absolute Gasteiger partial charge is 0.303 e. The van der Waals surface area contributed by atoms with Gasteiger partial charge in [-0.3, -0.25) is 19.2 Å². The van der Waals surface area contributed by atoms with Gasteiger partial charge < -0.3 is 28.4 Å². The molecule has 160 valence electrons. The first kappa shape index (κ1) is 23.8. The number of carbonyl (C=O) groups is 4. The lowest BCUT2D eigenvalue weighted by molar-refractivity contribution is -0.308. The van der Waals surface area contributed by atoms with Crippen LogP contribution in [0.3, 0.4) is 0 Å². The minimum atomic E-state index is -1.20. The normalized spacial score (nSPS) is 26.8. The molecule has 1 aliphatic rings. The van der Waals surface area contributed by atoms with Crippen LogP contribution in [0.2, 0.25) is 0 Å². The van der Waals surface area contributed by atoms with Gasteiger partial charge in [-0.25, -0.2) is 0 Å². The molecule has 0 spiro atoms. The van der Waals surface area contributed by atoms with E-state index in [4.69, 9.17) is 28.4 Å². The van der Waals surface area contributed by atoms with Gasteiger partial charge in [-0.1, -0.05) is 13.3 Å². The van der Waals surface area contributed by atoms with Crippen molar-refractivity contribution in [1.29, 1.82) is 0 Å². The van der Waals surface area contributed by atoms with Crippen molar-refractivity contribution in [3.05, 3.63) is 0 Å². The first-order valence-corrected chi connectivity index (χ1v) is 9.07. The summed E-state index contributed by atoms with van der Waals surface area (Å²) in [5.41, 5.74) is 0. The molecule has 0 saturated carbocycles. The molecule has 0 aromatic rings. The fourth-order valence-corrected chi connectivity index (χ4v) is 2.67. The second-order valence-electron chi connectivity index (χ2n) is 6.29. The number of unbranched alkanes of at least 4 members (excludes halogenated alkanes) is 1. The van der Waals surface area contributed by atoms with Gasteiger partial charge in [0.25, 0.3) is 0 Å². The molecule has 2 unspecified atom stereocenters. The van der Waals surface area contributed by atoms with Crippen LogP contribution in [0, 0.1) is 0 Å². The van der Waals surface area contributed by atoms with Crippen molar-refractivity contribution in [1.82, 2.24) is 0 Å². The predicted octanol–water partition coefficient (Wildman–Crippen LogP) is 0.886. The summed E-state index contributed by atoms with van der Waals surface area (Å²) in [5.74, 6) is -2.58. The molecule has 0 amide bonds. The number of ether oxygens (including phenoxy) is 6. The van der Waals surface area contributed by atoms with Gasteiger partial charge in [0.05, 0.1) is 0 Å². The molecular weight excluding hydrogens is 376 g/mol. The molecular formula is C18H28O10. The Balaban J connectivity index is 3.21. The summed E-state index contributed by atoms with van der Waals surface area (Å²) in [4.78, 5) is 46.0. The van der Waals surface area contributed by atoms with Crippen LogP contribution in [-0.2, 0) is 47.6 Å². The Hall–Kier alpha value is -2.20. The maximum absolute atomic E-state index is 11.6. The highest BCUT2D eigenvalue weighted by molar-refractivity contribution is 5.68. The fourth-order valence-electron chi connectivity index (χ4n) is 2.67. The van der Waals surface area contributed by atoms with Crippen molar-refractivity contribution in [3.63, 3.8) is 0 Å². The molecule has 0 aromatic heterocycles. The Labute approximate surface area is 163 Å². The van der Waals surface area contributed by atoms with Gasteiger partial charge in [-0.05, 0) is 6.42 Å². The number of hydrogen-bond donors (Lipinski definition) is 0. The zero-order chi connectivity index (χ0) is 21.3. The van der Waals surface area contributed by atoms with Gasteiger partial charge in [0.2, 0.25) is 0 Å². The van der Waals surface area contributed by atoms with Gasteiger partial charge in [-0.2, -0.15) is 0 Å². The van der Waals surface area contributed by atoms with E-state index in [-0.39, 0.29) is 6.61 Å². The largest absolute Gasteiger partial charge is 0.463 e. The van der Waals surface area contributed by atoms with Crippen molar-refractivity contribution in [2.45, 2.75) is 78.2 Å². The van der Waals surface area contributed by atoms with E-state index in [2.05, 4.69) is 0 Å². The molecule has 1 fully saturated rings. The highest BCUT2D eigenvalue weighted by Crippen LogP contribution is 2.30. The highest BCUT2D eigenvalue weighted by Gasteiger charge is 2.52. The lowest BCUT2D eigenvalue weighted by Crippen LogP contribution is -2.63. The lowest BCUT2D eigenvalue weighted by Gasteiger charge is -2.44. The fraction of sp³-hybridized carbons (Fsp3) is 0.778. The van der Waals surface area contributed by atoms with Crippen LogP contribution in [0.15, 0.2) is 0 Å². The molecule has 1 saturated heterocycles. The molecule has 28 heavy (non-hydrogen) atoms. The predicted molar refractivity (Wildman–Crippen MR) is 92.8 cm³/mol. The van der Waals surface area contributed by atoms with Crippen LogP contribution >= 0.6 is 0 Å². The SMILES string of the molecule is CCCCO[C@H]1OC(COC(C)=O)[C@@H](OC(C)=O)C(OC(C)=O)[C@H]1OC(C)=O. The molecule has 1 aliphatic heterocycles. The molecule has 0 radical (unpaired) electrons. The Morgan fingerprint density at radius 2 is 1.32 bits per heavy atom. The quantitative estimate of drug-likeness (QED) is 0.311. The van der Waals surface area contributed by atoms with E-state index in [0.717, 1.165) is 6.42 Å². The molecule has 10 nitrogen and oxygen atoms in total. The minimum absolute atomic E-state index is 0.272. The van der Waals surface area contributed by atoms with E-state index in [1.807, 2.05) is 6.92 Å². The van der Waals surface area contributed by atoms with Crippen molar-refractivity contribution in [3.8, 4) is 0 Å². The molecule has 0 aromatic carbocycles. The van der Waals surface area contributed by atoms with Crippen LogP contribution in [0.4, 0.5) is 0 Å². The maximum atomic E-state index is 11.6. The first-order chi connectivity index (χ1) is 13.1. The van der Waals surface area contributed by atoms with Crippen molar-refractivity contribution in [2.75, 3.05) is 13.2 Å². The van der Waals surface area contributed by atoms with Crippen LogP contribution in [0.1, 0.15) is 47.5 Å². The zero-order valence-electron chi connectivity index (χ0n) is 16.8. The molecule has 5 atom stereocenters. The zero-order valence-corrected chi connectivity index (χ0v) is 16.8. The highest BCUT2D eigenvalue weighted by atomic mass is 16.7. The average Bonchev–Trinajstić information content (AvgIpc) is 2.57. The summed E-state index contributed by atoms with van der Waals surface area (Å²) in [6.07, 6.45) is -4.07.